The van der Waals surface area contributed by atoms with Crippen LogP contribution in [0, 0.1) is 0 Å². The quantitative estimate of drug-likeness (QED) is 0.771. The first-order chi connectivity index (χ1) is 11.8. The van der Waals surface area contributed by atoms with E-state index in [-0.39, 0.29) is 5.69 Å². The molecular weight excluding hydrogens is 361 g/mol. The van der Waals surface area contributed by atoms with Crippen LogP contribution in [0.5, 0.6) is 0 Å². The van der Waals surface area contributed by atoms with E-state index in [1.54, 1.807) is 18.2 Å². The summed E-state index contributed by atoms with van der Waals surface area (Å²) in [5.74, 6) is -0.694. The molecule has 10 heteroatoms. The van der Waals surface area contributed by atoms with Gasteiger partial charge < -0.3 is 5.32 Å². The number of carbonyl (C=O) groups is 1. The third kappa shape index (κ3) is 3.50. The Morgan fingerprint density at radius 2 is 2.00 bits per heavy atom. The maximum absolute atomic E-state index is 12.8. The van der Waals surface area contributed by atoms with Crippen molar-refractivity contribution < 1.29 is 18.0 Å². The fourth-order valence-electron chi connectivity index (χ4n) is 2.23. The predicted octanol–water partition coefficient (Wildman–Crippen LogP) is 2.81. The Morgan fingerprint density at radius 1 is 1.24 bits per heavy atom. The highest BCUT2D eigenvalue weighted by Gasteiger charge is 2.33. The summed E-state index contributed by atoms with van der Waals surface area (Å²) in [5, 5.41) is 5.79. The molecule has 0 unspecified atom stereocenters. The fraction of sp³-hybridized carbons (Fsp3) is 0.133. The molecule has 1 aromatic carbocycles. The minimum absolute atomic E-state index is 0.0847. The van der Waals surface area contributed by atoms with E-state index in [9.17, 15) is 22.8 Å². The van der Waals surface area contributed by atoms with Crippen LogP contribution in [0.15, 0.2) is 47.4 Å². The molecule has 0 radical (unpaired) electrons. The van der Waals surface area contributed by atoms with E-state index in [2.05, 4.69) is 10.4 Å². The Kier molecular flexibility index (Phi) is 4.25. The second kappa shape index (κ2) is 6.25. The molecule has 1 amide bonds. The number of nitrogens with one attached hydrogen (secondary N) is 1. The summed E-state index contributed by atoms with van der Waals surface area (Å²) in [6.45, 7) is -0.440. The van der Waals surface area contributed by atoms with Crippen molar-refractivity contribution in [2.24, 2.45) is 0 Å². The first kappa shape index (κ1) is 17.0. The van der Waals surface area contributed by atoms with E-state index in [0.29, 0.717) is 5.65 Å². The normalized spacial score (nSPS) is 11.7. The number of nitrogens with zero attached hydrogens (tertiary/aromatic N) is 3. The van der Waals surface area contributed by atoms with E-state index in [1.807, 2.05) is 0 Å². The lowest BCUT2D eigenvalue weighted by Gasteiger charge is -2.11. The Morgan fingerprint density at radius 3 is 2.68 bits per heavy atom. The van der Waals surface area contributed by atoms with E-state index in [0.717, 1.165) is 16.8 Å². The van der Waals surface area contributed by atoms with Gasteiger partial charge in [0.1, 0.15) is 6.54 Å². The van der Waals surface area contributed by atoms with Gasteiger partial charge in [0.2, 0.25) is 5.91 Å². The molecule has 130 valence electrons. The van der Waals surface area contributed by atoms with Crippen LogP contribution < -0.4 is 11.0 Å². The Hall–Kier alpha value is -2.81. The maximum Gasteiger partial charge on any atom is 0.417 e. The van der Waals surface area contributed by atoms with Gasteiger partial charge in [0, 0.05) is 11.9 Å². The Labute approximate surface area is 143 Å². The number of carbonyl (C=O) groups excluding carboxylic acids is 1. The van der Waals surface area contributed by atoms with E-state index in [4.69, 9.17) is 11.6 Å². The van der Waals surface area contributed by atoms with Crippen LogP contribution in [-0.2, 0) is 17.5 Å². The summed E-state index contributed by atoms with van der Waals surface area (Å²) in [4.78, 5) is 24.1. The van der Waals surface area contributed by atoms with E-state index in [1.165, 1.54) is 16.7 Å². The van der Waals surface area contributed by atoms with E-state index >= 15 is 0 Å². The van der Waals surface area contributed by atoms with Crippen molar-refractivity contribution in [3.8, 4) is 0 Å². The van der Waals surface area contributed by atoms with Crippen molar-refractivity contribution in [2.75, 3.05) is 5.32 Å². The van der Waals surface area contributed by atoms with Gasteiger partial charge >= 0.3 is 11.9 Å². The zero-order valence-corrected chi connectivity index (χ0v) is 13.2. The molecule has 2 heterocycles. The molecule has 3 aromatic rings. The molecular formula is C15H10ClF3N4O2. The molecule has 0 aliphatic carbocycles. The fourth-order valence-corrected chi connectivity index (χ4v) is 2.45. The summed E-state index contributed by atoms with van der Waals surface area (Å²) < 4.78 is 40.7. The summed E-state index contributed by atoms with van der Waals surface area (Å²) in [7, 11) is 0. The second-order valence-corrected chi connectivity index (χ2v) is 5.52. The standard InChI is InChI=1S/C15H10ClF3N4O2/c16-11-5-4-9(7-10(11)15(17,18)19)20-13(24)8-23-14(25)22-6-2-1-3-12(22)21-23/h1-7H,8H2,(H,20,24). The number of fused-ring (bicyclic) bond motifs is 1. The number of rotatable bonds is 3. The number of hydrogen-bond acceptors (Lipinski definition) is 3. The topological polar surface area (TPSA) is 68.4 Å². The van der Waals surface area contributed by atoms with Gasteiger partial charge in [-0.2, -0.15) is 13.2 Å². The van der Waals surface area contributed by atoms with Crippen LogP contribution >= 0.6 is 11.6 Å². The second-order valence-electron chi connectivity index (χ2n) is 5.11. The summed E-state index contributed by atoms with van der Waals surface area (Å²) >= 11 is 5.52. The Balaban J connectivity index is 1.81. The van der Waals surface area contributed by atoms with Gasteiger partial charge in [0.25, 0.3) is 0 Å². The third-order valence-corrected chi connectivity index (χ3v) is 3.67. The molecule has 25 heavy (non-hydrogen) atoms. The highest BCUT2D eigenvalue weighted by molar-refractivity contribution is 6.31. The van der Waals surface area contributed by atoms with Gasteiger partial charge in [-0.3, -0.25) is 9.20 Å². The molecule has 0 saturated carbocycles. The molecule has 2 aromatic heterocycles. The summed E-state index contributed by atoms with van der Waals surface area (Å²) in [5.41, 5.74) is -1.32. The maximum atomic E-state index is 12.8. The molecule has 0 bridgehead atoms. The molecule has 3 rings (SSSR count). The number of pyridine rings is 1. The number of halogens is 4. The largest absolute Gasteiger partial charge is 0.417 e. The highest BCUT2D eigenvalue weighted by atomic mass is 35.5. The molecule has 0 saturated heterocycles. The number of anilines is 1. The number of benzene rings is 1. The van der Waals surface area contributed by atoms with Crippen LogP contribution in [0.25, 0.3) is 5.65 Å². The van der Waals surface area contributed by atoms with Gasteiger partial charge in [0.15, 0.2) is 5.65 Å². The number of alkyl halides is 3. The summed E-state index contributed by atoms with van der Waals surface area (Å²) in [6.07, 6.45) is -3.15. The van der Waals surface area contributed by atoms with Gasteiger partial charge in [-0.25, -0.2) is 9.48 Å². The van der Waals surface area contributed by atoms with Gasteiger partial charge in [-0.15, -0.1) is 5.10 Å². The van der Waals surface area contributed by atoms with Gasteiger partial charge in [0.05, 0.1) is 10.6 Å². The zero-order chi connectivity index (χ0) is 18.2. The zero-order valence-electron chi connectivity index (χ0n) is 12.4. The molecule has 0 atom stereocenters. The molecule has 0 aliphatic rings. The number of amides is 1. The molecule has 1 N–H and O–H groups in total. The lowest BCUT2D eigenvalue weighted by atomic mass is 10.2. The number of aromatic nitrogens is 3. The molecule has 0 spiro atoms. The lowest BCUT2D eigenvalue weighted by Crippen LogP contribution is -2.28. The van der Waals surface area contributed by atoms with Crippen LogP contribution in [0.4, 0.5) is 18.9 Å². The van der Waals surface area contributed by atoms with Crippen molar-refractivity contribution >= 4 is 28.8 Å². The van der Waals surface area contributed by atoms with Gasteiger partial charge in [-0.1, -0.05) is 17.7 Å². The van der Waals surface area contributed by atoms with Crippen molar-refractivity contribution in [2.45, 2.75) is 12.7 Å². The van der Waals surface area contributed by atoms with Crippen molar-refractivity contribution in [1.82, 2.24) is 14.2 Å². The summed E-state index contributed by atoms with van der Waals surface area (Å²) in [6, 6.07) is 7.90. The number of hydrogen-bond donors (Lipinski definition) is 1. The first-order valence-corrected chi connectivity index (χ1v) is 7.34. The van der Waals surface area contributed by atoms with Crippen molar-refractivity contribution in [3.05, 3.63) is 63.7 Å². The SMILES string of the molecule is O=C(Cn1nc2ccccn2c1=O)Nc1ccc(Cl)c(C(F)(F)F)c1. The first-order valence-electron chi connectivity index (χ1n) is 6.96. The van der Waals surface area contributed by atoms with Crippen molar-refractivity contribution in [1.29, 1.82) is 0 Å². The van der Waals surface area contributed by atoms with Crippen LogP contribution in [0.2, 0.25) is 5.02 Å². The monoisotopic (exact) mass is 370 g/mol. The smallest absolute Gasteiger partial charge is 0.324 e. The van der Waals surface area contributed by atoms with Crippen LogP contribution in [0.1, 0.15) is 5.56 Å². The minimum Gasteiger partial charge on any atom is -0.324 e. The molecule has 0 fully saturated rings. The van der Waals surface area contributed by atoms with Crippen LogP contribution in [-0.4, -0.2) is 20.1 Å². The average molecular weight is 371 g/mol. The van der Waals surface area contributed by atoms with Crippen molar-refractivity contribution in [3.63, 3.8) is 0 Å². The molecule has 6 nitrogen and oxygen atoms in total. The average Bonchev–Trinajstić information content (AvgIpc) is 2.85. The minimum atomic E-state index is -4.64. The molecule has 0 aliphatic heterocycles. The van der Waals surface area contributed by atoms with E-state index < -0.39 is 34.9 Å². The Bertz CT molecular complexity index is 1010. The van der Waals surface area contributed by atoms with Gasteiger partial charge in [-0.05, 0) is 30.3 Å². The third-order valence-electron chi connectivity index (χ3n) is 3.34. The highest BCUT2D eigenvalue weighted by Crippen LogP contribution is 2.36. The van der Waals surface area contributed by atoms with Crippen LogP contribution in [0.3, 0.4) is 0 Å². The predicted molar refractivity (Wildman–Crippen MR) is 84.5 cm³/mol. The lowest BCUT2D eigenvalue weighted by molar-refractivity contribution is -0.137.